The zero-order valence-electron chi connectivity index (χ0n) is 10.5. The first-order chi connectivity index (χ1) is 7.95. The summed E-state index contributed by atoms with van der Waals surface area (Å²) in [5.41, 5.74) is 0. The summed E-state index contributed by atoms with van der Waals surface area (Å²) < 4.78 is 38.2. The normalized spacial score (nSPS) is 10.8. The van der Waals surface area contributed by atoms with Gasteiger partial charge in [-0.15, -0.1) is 0 Å². The lowest BCUT2D eigenvalue weighted by molar-refractivity contribution is -0.693. The summed E-state index contributed by atoms with van der Waals surface area (Å²) in [5.74, 6) is -0.236. The highest BCUT2D eigenvalue weighted by Gasteiger charge is 2.08. The summed E-state index contributed by atoms with van der Waals surface area (Å²) in [4.78, 5) is 0. The third-order valence-electron chi connectivity index (χ3n) is 2.03. The summed E-state index contributed by atoms with van der Waals surface area (Å²) >= 11 is 0. The Hall–Kier alpha value is -0.950. The minimum atomic E-state index is -3.85. The maximum Gasteiger partial charge on any atom is 0.297 e. The van der Waals surface area contributed by atoms with Gasteiger partial charge in [0.05, 0.1) is 19.3 Å². The second-order valence-corrected chi connectivity index (χ2v) is 5.24. The molecule has 1 aromatic heterocycles. The number of imidazole rings is 1. The largest absolute Gasteiger partial charge is 0.297 e. The number of unbranched alkanes of at least 4 members (excludes halogenated alkanes) is 1. The van der Waals surface area contributed by atoms with Crippen LogP contribution in [0.3, 0.4) is 0 Å². The number of hydrogen-bond donors (Lipinski definition) is 0. The van der Waals surface area contributed by atoms with Gasteiger partial charge in [-0.25, -0.2) is 9.13 Å². The van der Waals surface area contributed by atoms with Gasteiger partial charge in [0.2, 0.25) is 6.33 Å². The van der Waals surface area contributed by atoms with Crippen LogP contribution in [0.2, 0.25) is 0 Å². The molecule has 0 saturated carbocycles. The monoisotopic (exact) mass is 267 g/mol. The van der Waals surface area contributed by atoms with Crippen molar-refractivity contribution in [3.8, 4) is 0 Å². The van der Waals surface area contributed by atoms with Crippen LogP contribution in [-0.4, -0.2) is 18.7 Å². The molecule has 1 heterocycles. The van der Waals surface area contributed by atoms with E-state index in [-0.39, 0.29) is 5.75 Å². The highest BCUT2D eigenvalue weighted by molar-refractivity contribution is 7.86. The highest BCUT2D eigenvalue weighted by atomic mass is 32.2. The topological polar surface area (TPSA) is 52.2 Å². The Morgan fingerprint density at radius 3 is 2.35 bits per heavy atom. The first-order valence-corrected chi connectivity index (χ1v) is 7.06. The SMILES string of the molecule is CCCCS(=O)(=O)OF.CC[n+]1ccn(C)c1. The van der Waals surface area contributed by atoms with Crippen LogP contribution >= 0.6 is 0 Å². The molecule has 1 aromatic rings. The van der Waals surface area contributed by atoms with Crippen LogP contribution in [0.25, 0.3) is 0 Å². The van der Waals surface area contributed by atoms with E-state index in [2.05, 4.69) is 28.4 Å². The van der Waals surface area contributed by atoms with Gasteiger partial charge >= 0.3 is 0 Å². The minimum Gasteiger partial charge on any atom is -0.240 e. The molecule has 7 heteroatoms. The first kappa shape index (κ1) is 16.1. The molecule has 5 nitrogen and oxygen atoms in total. The van der Waals surface area contributed by atoms with Crippen molar-refractivity contribution in [1.82, 2.24) is 4.57 Å². The Balaban J connectivity index is 0.000000302. The van der Waals surface area contributed by atoms with E-state index >= 15 is 0 Å². The Morgan fingerprint density at radius 2 is 2.06 bits per heavy atom. The van der Waals surface area contributed by atoms with Crippen molar-refractivity contribution in [2.45, 2.75) is 33.2 Å². The van der Waals surface area contributed by atoms with Gasteiger partial charge in [-0.2, -0.15) is 8.42 Å². The van der Waals surface area contributed by atoms with Crippen molar-refractivity contribution < 1.29 is 21.9 Å². The van der Waals surface area contributed by atoms with Gasteiger partial charge in [-0.1, -0.05) is 17.7 Å². The molecule has 100 valence electrons. The lowest BCUT2D eigenvalue weighted by Crippen LogP contribution is -2.28. The number of hydrogen-bond acceptors (Lipinski definition) is 3. The summed E-state index contributed by atoms with van der Waals surface area (Å²) in [6.45, 7) is 4.99. The second kappa shape index (κ2) is 8.19. The van der Waals surface area contributed by atoms with Crippen LogP contribution in [0.5, 0.6) is 0 Å². The van der Waals surface area contributed by atoms with E-state index in [9.17, 15) is 12.9 Å². The van der Waals surface area contributed by atoms with Crippen molar-refractivity contribution in [2.75, 3.05) is 5.75 Å². The van der Waals surface area contributed by atoms with Gasteiger partial charge in [0.1, 0.15) is 12.4 Å². The Labute approximate surface area is 102 Å². The number of halogens is 1. The predicted octanol–water partition coefficient (Wildman–Crippen LogP) is 1.35. The molecule has 0 aliphatic rings. The number of rotatable bonds is 5. The van der Waals surface area contributed by atoms with Gasteiger partial charge < -0.3 is 0 Å². The molecule has 0 unspecified atom stereocenters. The molecule has 0 saturated heterocycles. The number of aryl methyl sites for hydroxylation is 2. The standard InChI is InChI=1S/C6H11N2.C4H9FO3S/c1-3-8-5-4-7(2)6-8;1-2-3-4-9(6,7)8-5/h4-6H,3H2,1-2H3;2-4H2,1H3/q+1;. The quantitative estimate of drug-likeness (QED) is 0.757. The smallest absolute Gasteiger partial charge is 0.240 e. The molecule has 0 aliphatic heterocycles. The zero-order valence-corrected chi connectivity index (χ0v) is 11.3. The minimum absolute atomic E-state index is 0.236. The van der Waals surface area contributed by atoms with Gasteiger partial charge in [0.25, 0.3) is 10.1 Å². The molecule has 0 N–H and O–H groups in total. The maximum atomic E-state index is 11.0. The van der Waals surface area contributed by atoms with E-state index in [1.807, 2.05) is 24.7 Å². The van der Waals surface area contributed by atoms with Gasteiger partial charge in [0, 0.05) is 0 Å². The fourth-order valence-electron chi connectivity index (χ4n) is 1.04. The molecule has 0 spiro atoms. The van der Waals surface area contributed by atoms with Crippen LogP contribution < -0.4 is 4.57 Å². The van der Waals surface area contributed by atoms with Gasteiger partial charge in [-0.3, -0.25) is 0 Å². The van der Waals surface area contributed by atoms with Crippen LogP contribution in [0.1, 0.15) is 26.7 Å². The fraction of sp³-hybridized carbons (Fsp3) is 0.700. The molecule has 0 fully saturated rings. The van der Waals surface area contributed by atoms with E-state index in [0.29, 0.717) is 12.8 Å². The number of aromatic nitrogens is 2. The molecular formula is C10H20FN2O3S+. The highest BCUT2D eigenvalue weighted by Crippen LogP contribution is 1.98. The lowest BCUT2D eigenvalue weighted by atomic mass is 10.4. The Kier molecular flexibility index (Phi) is 7.73. The average molecular weight is 267 g/mol. The summed E-state index contributed by atoms with van der Waals surface area (Å²) in [7, 11) is -1.83. The zero-order chi connectivity index (χ0) is 13.3. The van der Waals surface area contributed by atoms with E-state index in [1.165, 1.54) is 0 Å². The van der Waals surface area contributed by atoms with E-state index in [4.69, 9.17) is 0 Å². The van der Waals surface area contributed by atoms with Crippen LogP contribution in [0, 0.1) is 0 Å². The van der Waals surface area contributed by atoms with E-state index in [0.717, 1.165) is 6.54 Å². The molecule has 0 bridgehead atoms. The molecule has 0 radical (unpaired) electrons. The van der Waals surface area contributed by atoms with Crippen molar-refractivity contribution in [2.24, 2.45) is 7.05 Å². The van der Waals surface area contributed by atoms with Crippen molar-refractivity contribution >= 4 is 10.1 Å². The first-order valence-electron chi connectivity index (χ1n) is 5.49. The fourth-order valence-corrected chi connectivity index (χ4v) is 1.75. The van der Waals surface area contributed by atoms with Crippen LogP contribution in [0.15, 0.2) is 18.7 Å². The Bertz CT molecular complexity index is 403. The molecule has 1 rings (SSSR count). The predicted molar refractivity (Wildman–Crippen MR) is 62.2 cm³/mol. The second-order valence-electron chi connectivity index (χ2n) is 3.59. The van der Waals surface area contributed by atoms with E-state index in [1.54, 1.807) is 0 Å². The molecule has 0 atom stereocenters. The summed E-state index contributed by atoms with van der Waals surface area (Å²) in [6.07, 6.45) is 7.29. The summed E-state index contributed by atoms with van der Waals surface area (Å²) in [6, 6.07) is 0. The molecular weight excluding hydrogens is 247 g/mol. The van der Waals surface area contributed by atoms with Crippen molar-refractivity contribution in [1.29, 1.82) is 0 Å². The Morgan fingerprint density at radius 1 is 1.41 bits per heavy atom. The molecule has 0 aromatic carbocycles. The maximum absolute atomic E-state index is 11.0. The van der Waals surface area contributed by atoms with Gasteiger partial charge in [0.15, 0.2) is 0 Å². The van der Waals surface area contributed by atoms with Crippen LogP contribution in [0.4, 0.5) is 4.53 Å². The third-order valence-corrected chi connectivity index (χ3v) is 3.01. The molecule has 0 amide bonds. The van der Waals surface area contributed by atoms with Crippen LogP contribution in [-0.2, 0) is 28.1 Å². The van der Waals surface area contributed by atoms with Gasteiger partial charge in [-0.05, 0) is 17.9 Å². The van der Waals surface area contributed by atoms with E-state index < -0.39 is 10.1 Å². The summed E-state index contributed by atoms with van der Waals surface area (Å²) in [5, 5.41) is 0. The molecule has 17 heavy (non-hydrogen) atoms. The lowest BCUT2D eigenvalue weighted by Gasteiger charge is -1.92. The third kappa shape index (κ3) is 7.87. The average Bonchev–Trinajstić information content (AvgIpc) is 2.73. The molecule has 0 aliphatic carbocycles. The van der Waals surface area contributed by atoms with Crippen molar-refractivity contribution in [3.05, 3.63) is 18.7 Å². The number of nitrogens with zero attached hydrogens (tertiary/aromatic N) is 2. The van der Waals surface area contributed by atoms with Crippen molar-refractivity contribution in [3.63, 3.8) is 0 Å².